The van der Waals surface area contributed by atoms with Crippen LogP contribution in [-0.4, -0.2) is 4.92 Å². The number of rotatable bonds is 4. The third kappa shape index (κ3) is 3.40. The van der Waals surface area contributed by atoms with Crippen molar-refractivity contribution in [2.75, 3.05) is 0 Å². The Balaban J connectivity index is 2.37. The summed E-state index contributed by atoms with van der Waals surface area (Å²) in [5, 5.41) is 11.0. The number of halogens is 1. The van der Waals surface area contributed by atoms with Gasteiger partial charge in [0.1, 0.15) is 11.5 Å². The molecule has 0 fully saturated rings. The lowest BCUT2D eigenvalue weighted by Crippen LogP contribution is -1.98. The smallest absolute Gasteiger partial charge is 0.276 e. The van der Waals surface area contributed by atoms with Crippen molar-refractivity contribution in [2.24, 2.45) is 5.73 Å². The Bertz CT molecular complexity index is 702. The fraction of sp³-hybridized carbons (Fsp3) is 0.200. The molecule has 0 aliphatic rings. The number of nitro groups is 1. The maximum atomic E-state index is 11.0. The average molecular weight is 351 g/mol. The fourth-order valence-electron chi connectivity index (χ4n) is 2.01. The van der Waals surface area contributed by atoms with E-state index in [-0.39, 0.29) is 5.69 Å². The number of benzene rings is 2. The molecule has 2 rings (SSSR count). The predicted octanol–water partition coefficient (Wildman–Crippen LogP) is 4.23. The molecule has 0 aliphatic heterocycles. The summed E-state index contributed by atoms with van der Waals surface area (Å²) in [6.45, 7) is 3.99. The lowest BCUT2D eigenvalue weighted by molar-refractivity contribution is -0.385. The number of ether oxygens (including phenoxy) is 1. The molecule has 0 aromatic heterocycles. The summed E-state index contributed by atoms with van der Waals surface area (Å²) in [6.07, 6.45) is 0. The van der Waals surface area contributed by atoms with Gasteiger partial charge in [-0.1, -0.05) is 22.0 Å². The van der Waals surface area contributed by atoms with Crippen molar-refractivity contribution >= 4 is 21.6 Å². The zero-order valence-corrected chi connectivity index (χ0v) is 13.3. The summed E-state index contributed by atoms with van der Waals surface area (Å²) in [6, 6.07) is 8.65. The van der Waals surface area contributed by atoms with Gasteiger partial charge in [0.15, 0.2) is 0 Å². The van der Waals surface area contributed by atoms with Gasteiger partial charge in [-0.2, -0.15) is 0 Å². The molecule has 2 aromatic carbocycles. The minimum atomic E-state index is -0.408. The van der Waals surface area contributed by atoms with Crippen LogP contribution in [0.1, 0.15) is 16.7 Å². The Hall–Kier alpha value is -1.92. The third-order valence-electron chi connectivity index (χ3n) is 3.16. The molecule has 0 aliphatic carbocycles. The van der Waals surface area contributed by atoms with Crippen LogP contribution in [0, 0.1) is 24.0 Å². The SMILES string of the molecule is Cc1cc(C)c([N+](=O)[O-])cc1Oc1ccc(CN)c(Br)c1. The second-order valence-corrected chi connectivity index (χ2v) is 5.58. The molecule has 21 heavy (non-hydrogen) atoms. The summed E-state index contributed by atoms with van der Waals surface area (Å²) < 4.78 is 6.61. The van der Waals surface area contributed by atoms with Gasteiger partial charge in [-0.25, -0.2) is 0 Å². The molecule has 2 N–H and O–H groups in total. The molecule has 0 heterocycles. The first kappa shape index (κ1) is 15.5. The van der Waals surface area contributed by atoms with Gasteiger partial charge < -0.3 is 10.5 Å². The highest BCUT2D eigenvalue weighted by Gasteiger charge is 2.15. The van der Waals surface area contributed by atoms with Gasteiger partial charge in [0.25, 0.3) is 5.69 Å². The molecule has 0 saturated heterocycles. The van der Waals surface area contributed by atoms with E-state index in [4.69, 9.17) is 10.5 Å². The second kappa shape index (κ2) is 6.24. The van der Waals surface area contributed by atoms with Gasteiger partial charge >= 0.3 is 0 Å². The second-order valence-electron chi connectivity index (χ2n) is 4.72. The molecule has 0 atom stereocenters. The number of nitrogens with two attached hydrogens (primary N) is 1. The van der Waals surface area contributed by atoms with Crippen molar-refractivity contribution in [2.45, 2.75) is 20.4 Å². The maximum Gasteiger partial charge on any atom is 0.276 e. The largest absolute Gasteiger partial charge is 0.457 e. The van der Waals surface area contributed by atoms with E-state index < -0.39 is 4.92 Å². The highest BCUT2D eigenvalue weighted by Crippen LogP contribution is 2.33. The molecule has 110 valence electrons. The van der Waals surface area contributed by atoms with E-state index in [1.165, 1.54) is 6.07 Å². The van der Waals surface area contributed by atoms with Gasteiger partial charge in [0.2, 0.25) is 0 Å². The first-order valence-electron chi connectivity index (χ1n) is 6.34. The van der Waals surface area contributed by atoms with Crippen LogP contribution in [-0.2, 0) is 6.54 Å². The lowest BCUT2D eigenvalue weighted by atomic mass is 10.1. The van der Waals surface area contributed by atoms with Crippen LogP contribution in [0.25, 0.3) is 0 Å². The average Bonchev–Trinajstić information content (AvgIpc) is 2.41. The highest BCUT2D eigenvalue weighted by atomic mass is 79.9. The zero-order chi connectivity index (χ0) is 15.6. The van der Waals surface area contributed by atoms with Gasteiger partial charge in [-0.3, -0.25) is 10.1 Å². The Kier molecular flexibility index (Phi) is 4.59. The maximum absolute atomic E-state index is 11.0. The van der Waals surface area contributed by atoms with Gasteiger partial charge in [-0.05, 0) is 43.2 Å². The van der Waals surface area contributed by atoms with Crippen molar-refractivity contribution < 1.29 is 9.66 Å². The topological polar surface area (TPSA) is 78.4 Å². The van der Waals surface area contributed by atoms with Gasteiger partial charge in [0.05, 0.1) is 11.0 Å². The van der Waals surface area contributed by atoms with Crippen LogP contribution in [0.3, 0.4) is 0 Å². The monoisotopic (exact) mass is 350 g/mol. The molecule has 5 nitrogen and oxygen atoms in total. The van der Waals surface area contributed by atoms with E-state index in [2.05, 4.69) is 15.9 Å². The zero-order valence-electron chi connectivity index (χ0n) is 11.7. The van der Waals surface area contributed by atoms with Crippen molar-refractivity contribution in [3.63, 3.8) is 0 Å². The molecule has 0 spiro atoms. The number of nitro benzene ring substituents is 1. The Morgan fingerprint density at radius 3 is 2.52 bits per heavy atom. The molecule has 0 unspecified atom stereocenters. The van der Waals surface area contributed by atoms with Crippen LogP contribution in [0.2, 0.25) is 0 Å². The predicted molar refractivity (Wildman–Crippen MR) is 84.7 cm³/mol. The van der Waals surface area contributed by atoms with Gasteiger partial charge in [0, 0.05) is 16.6 Å². The first-order valence-corrected chi connectivity index (χ1v) is 7.13. The Morgan fingerprint density at radius 1 is 1.24 bits per heavy atom. The summed E-state index contributed by atoms with van der Waals surface area (Å²) in [7, 11) is 0. The third-order valence-corrected chi connectivity index (χ3v) is 3.90. The van der Waals surface area contributed by atoms with Crippen molar-refractivity contribution in [1.82, 2.24) is 0 Å². The molecular formula is C15H15BrN2O3. The summed E-state index contributed by atoms with van der Waals surface area (Å²) in [5.41, 5.74) is 8.08. The van der Waals surface area contributed by atoms with Crippen molar-refractivity contribution in [3.05, 3.63) is 61.6 Å². The van der Waals surface area contributed by atoms with E-state index in [9.17, 15) is 10.1 Å². The number of nitrogens with zero attached hydrogens (tertiary/aromatic N) is 1. The van der Waals surface area contributed by atoms with Crippen LogP contribution in [0.4, 0.5) is 5.69 Å². The number of aryl methyl sites for hydroxylation is 2. The highest BCUT2D eigenvalue weighted by molar-refractivity contribution is 9.10. The van der Waals surface area contributed by atoms with E-state index in [1.807, 2.05) is 13.0 Å². The number of hydrogen-bond donors (Lipinski definition) is 1. The quantitative estimate of drug-likeness (QED) is 0.661. The van der Waals surface area contributed by atoms with Gasteiger partial charge in [-0.15, -0.1) is 0 Å². The summed E-state index contributed by atoms with van der Waals surface area (Å²) in [5.74, 6) is 1.07. The van der Waals surface area contributed by atoms with Crippen LogP contribution in [0.15, 0.2) is 34.8 Å². The summed E-state index contributed by atoms with van der Waals surface area (Å²) in [4.78, 5) is 10.6. The van der Waals surface area contributed by atoms with E-state index >= 15 is 0 Å². The van der Waals surface area contributed by atoms with E-state index in [1.54, 1.807) is 25.1 Å². The standard InChI is InChI=1S/C15H15BrN2O3/c1-9-5-10(2)15(7-14(9)18(19)20)21-12-4-3-11(8-17)13(16)6-12/h3-7H,8,17H2,1-2H3. The van der Waals surface area contributed by atoms with E-state index in [0.29, 0.717) is 23.6 Å². The molecule has 0 amide bonds. The molecule has 0 saturated carbocycles. The van der Waals surface area contributed by atoms with Crippen molar-refractivity contribution in [1.29, 1.82) is 0 Å². The summed E-state index contributed by atoms with van der Waals surface area (Å²) >= 11 is 3.42. The molecule has 2 aromatic rings. The molecule has 6 heteroatoms. The Labute approximate surface area is 131 Å². The number of hydrogen-bond acceptors (Lipinski definition) is 4. The molecule has 0 bridgehead atoms. The lowest BCUT2D eigenvalue weighted by Gasteiger charge is -2.11. The minimum absolute atomic E-state index is 0.0493. The molecule has 0 radical (unpaired) electrons. The first-order chi connectivity index (χ1) is 9.92. The van der Waals surface area contributed by atoms with E-state index in [0.717, 1.165) is 15.6 Å². The normalized spacial score (nSPS) is 10.5. The Morgan fingerprint density at radius 2 is 1.95 bits per heavy atom. The van der Waals surface area contributed by atoms with Crippen LogP contribution >= 0.6 is 15.9 Å². The van der Waals surface area contributed by atoms with Crippen molar-refractivity contribution in [3.8, 4) is 11.5 Å². The van der Waals surface area contributed by atoms with Crippen LogP contribution < -0.4 is 10.5 Å². The minimum Gasteiger partial charge on any atom is -0.457 e. The fourth-order valence-corrected chi connectivity index (χ4v) is 2.53. The van der Waals surface area contributed by atoms with Crippen LogP contribution in [0.5, 0.6) is 11.5 Å². The molecular weight excluding hydrogens is 336 g/mol.